The number of nitrogen functional groups attached to an aromatic ring is 1. The van der Waals surface area contributed by atoms with Gasteiger partial charge in [-0.3, -0.25) is 10.1 Å². The molecule has 3 N–H and O–H groups in total. The van der Waals surface area contributed by atoms with Gasteiger partial charge in [-0.05, 0) is 23.3 Å². The Morgan fingerprint density at radius 3 is 2.67 bits per heavy atom. The van der Waals surface area contributed by atoms with Crippen LogP contribution in [0.1, 0.15) is 19.5 Å². The number of nitrogens with two attached hydrogens (primary N) is 1. The van der Waals surface area contributed by atoms with Gasteiger partial charge in [0.15, 0.2) is 5.82 Å². The molecule has 0 bridgehead atoms. The first-order valence-electron chi connectivity index (χ1n) is 6.90. The maximum absolute atomic E-state index is 6.04. The van der Waals surface area contributed by atoms with E-state index in [2.05, 4.69) is 59.4 Å². The topological polar surface area (TPSA) is 67.6 Å². The molecule has 0 aliphatic heterocycles. The smallest absolute Gasteiger partial charge is 0.153 e. The van der Waals surface area contributed by atoms with Crippen LogP contribution in [0.4, 0.5) is 5.82 Å². The van der Waals surface area contributed by atoms with Gasteiger partial charge in [-0.2, -0.15) is 5.10 Å². The standard InChI is InChI=1S/C17H18N4/c1-17(2)8-3-4-13(5-9-17)15-14(16(18)21-20-15)12-6-10-19-11-7-12/h3-11H,1-2H3,(H3,18,20,21). The van der Waals surface area contributed by atoms with E-state index < -0.39 is 0 Å². The highest BCUT2D eigenvalue weighted by Crippen LogP contribution is 2.34. The van der Waals surface area contributed by atoms with Crippen LogP contribution in [0.25, 0.3) is 16.7 Å². The van der Waals surface area contributed by atoms with Crippen LogP contribution in [0.15, 0.2) is 54.9 Å². The molecular weight excluding hydrogens is 260 g/mol. The molecule has 3 rings (SSSR count). The van der Waals surface area contributed by atoms with Crippen molar-refractivity contribution < 1.29 is 0 Å². The molecule has 0 fully saturated rings. The summed E-state index contributed by atoms with van der Waals surface area (Å²) in [7, 11) is 0. The van der Waals surface area contributed by atoms with E-state index in [4.69, 9.17) is 5.73 Å². The summed E-state index contributed by atoms with van der Waals surface area (Å²) in [5.41, 5.74) is 10.00. The molecule has 1 aliphatic rings. The van der Waals surface area contributed by atoms with Crippen LogP contribution >= 0.6 is 0 Å². The van der Waals surface area contributed by atoms with E-state index in [9.17, 15) is 0 Å². The third-order valence-corrected chi connectivity index (χ3v) is 3.55. The average Bonchev–Trinajstić information content (AvgIpc) is 2.75. The molecule has 0 amide bonds. The molecule has 1 aliphatic carbocycles. The number of hydrogen-bond acceptors (Lipinski definition) is 3. The lowest BCUT2D eigenvalue weighted by Gasteiger charge is -2.12. The minimum atomic E-state index is 0.0423. The lowest BCUT2D eigenvalue weighted by atomic mass is 9.93. The molecule has 4 heteroatoms. The van der Waals surface area contributed by atoms with Crippen molar-refractivity contribution in [2.45, 2.75) is 13.8 Å². The van der Waals surface area contributed by atoms with Gasteiger partial charge in [0.05, 0.1) is 11.3 Å². The van der Waals surface area contributed by atoms with Crippen LogP contribution in [-0.2, 0) is 0 Å². The number of hydrogen-bond donors (Lipinski definition) is 2. The number of aromatic nitrogens is 3. The first-order valence-corrected chi connectivity index (χ1v) is 6.90. The summed E-state index contributed by atoms with van der Waals surface area (Å²) in [6, 6.07) is 3.87. The SMILES string of the molecule is CC1(C)C=CC=C(c2[nH]nc(N)c2-c2ccncc2)C=C1. The Morgan fingerprint density at radius 2 is 1.90 bits per heavy atom. The van der Waals surface area contributed by atoms with E-state index in [-0.39, 0.29) is 5.41 Å². The van der Waals surface area contributed by atoms with Crippen molar-refractivity contribution in [1.82, 2.24) is 15.2 Å². The van der Waals surface area contributed by atoms with E-state index in [0.717, 1.165) is 22.4 Å². The van der Waals surface area contributed by atoms with E-state index in [1.165, 1.54) is 0 Å². The van der Waals surface area contributed by atoms with Gasteiger partial charge >= 0.3 is 0 Å². The molecule has 0 saturated heterocycles. The summed E-state index contributed by atoms with van der Waals surface area (Å²) in [6.07, 6.45) is 14.1. The lowest BCUT2D eigenvalue weighted by Crippen LogP contribution is -2.00. The Morgan fingerprint density at radius 1 is 1.14 bits per heavy atom. The summed E-state index contributed by atoms with van der Waals surface area (Å²) in [5, 5.41) is 7.22. The molecule has 0 saturated carbocycles. The van der Waals surface area contributed by atoms with Crippen LogP contribution in [0.5, 0.6) is 0 Å². The fraction of sp³-hybridized carbons (Fsp3) is 0.176. The van der Waals surface area contributed by atoms with Gasteiger partial charge in [0.2, 0.25) is 0 Å². The highest BCUT2D eigenvalue weighted by Gasteiger charge is 2.17. The number of nitrogens with one attached hydrogen (secondary N) is 1. The highest BCUT2D eigenvalue weighted by molar-refractivity contribution is 5.89. The number of H-pyrrole nitrogens is 1. The monoisotopic (exact) mass is 278 g/mol. The van der Waals surface area contributed by atoms with Crippen molar-refractivity contribution >= 4 is 11.4 Å². The summed E-state index contributed by atoms with van der Waals surface area (Å²) in [4.78, 5) is 4.05. The number of nitrogens with zero attached hydrogens (tertiary/aromatic N) is 2. The maximum Gasteiger partial charge on any atom is 0.153 e. The predicted octanol–water partition coefficient (Wildman–Crippen LogP) is 3.59. The maximum atomic E-state index is 6.04. The first-order chi connectivity index (χ1) is 10.1. The Hall–Kier alpha value is -2.62. The zero-order chi connectivity index (χ0) is 14.9. The van der Waals surface area contributed by atoms with Gasteiger partial charge in [0.25, 0.3) is 0 Å². The van der Waals surface area contributed by atoms with Gasteiger partial charge in [-0.15, -0.1) is 0 Å². The largest absolute Gasteiger partial charge is 0.382 e. The van der Waals surface area contributed by atoms with Crippen molar-refractivity contribution in [3.63, 3.8) is 0 Å². The van der Waals surface area contributed by atoms with Crippen LogP contribution in [0.2, 0.25) is 0 Å². The van der Waals surface area contributed by atoms with Gasteiger partial charge in [-0.1, -0.05) is 44.2 Å². The second-order valence-corrected chi connectivity index (χ2v) is 5.73. The molecule has 0 atom stereocenters. The van der Waals surface area contributed by atoms with Crippen molar-refractivity contribution in [2.24, 2.45) is 5.41 Å². The molecule has 21 heavy (non-hydrogen) atoms. The lowest BCUT2D eigenvalue weighted by molar-refractivity contribution is 0.627. The molecule has 2 heterocycles. The molecule has 106 valence electrons. The molecule has 2 aromatic rings. The molecule has 4 nitrogen and oxygen atoms in total. The fourth-order valence-corrected chi connectivity index (χ4v) is 2.36. The van der Waals surface area contributed by atoms with Crippen molar-refractivity contribution in [3.05, 3.63) is 60.6 Å². The summed E-state index contributed by atoms with van der Waals surface area (Å²) in [5.74, 6) is 0.498. The average molecular weight is 278 g/mol. The second-order valence-electron chi connectivity index (χ2n) is 5.73. The van der Waals surface area contributed by atoms with Gasteiger partial charge < -0.3 is 5.73 Å². The quantitative estimate of drug-likeness (QED) is 0.882. The van der Waals surface area contributed by atoms with Crippen molar-refractivity contribution in [1.29, 1.82) is 0 Å². The Bertz CT molecular complexity index is 733. The third-order valence-electron chi connectivity index (χ3n) is 3.55. The molecule has 0 unspecified atom stereocenters. The number of aromatic amines is 1. The Balaban J connectivity index is 2.10. The van der Waals surface area contributed by atoms with Crippen LogP contribution in [0, 0.1) is 5.41 Å². The number of anilines is 1. The number of rotatable bonds is 2. The molecule has 0 radical (unpaired) electrons. The van der Waals surface area contributed by atoms with Crippen LogP contribution in [-0.4, -0.2) is 15.2 Å². The first kappa shape index (κ1) is 13.4. The van der Waals surface area contributed by atoms with Crippen molar-refractivity contribution in [2.75, 3.05) is 5.73 Å². The molecule has 0 spiro atoms. The van der Waals surface area contributed by atoms with E-state index in [1.807, 2.05) is 12.1 Å². The predicted molar refractivity (Wildman–Crippen MR) is 86.3 cm³/mol. The molecular formula is C17H18N4. The van der Waals surface area contributed by atoms with Gasteiger partial charge in [0.1, 0.15) is 0 Å². The van der Waals surface area contributed by atoms with E-state index in [1.54, 1.807) is 12.4 Å². The summed E-state index contributed by atoms with van der Waals surface area (Å²) in [6.45, 7) is 4.34. The van der Waals surface area contributed by atoms with Crippen molar-refractivity contribution in [3.8, 4) is 11.1 Å². The second kappa shape index (κ2) is 5.05. The minimum absolute atomic E-state index is 0.0423. The number of pyridine rings is 1. The highest BCUT2D eigenvalue weighted by atomic mass is 15.2. The zero-order valence-electron chi connectivity index (χ0n) is 12.2. The summed E-state index contributed by atoms with van der Waals surface area (Å²) < 4.78 is 0. The van der Waals surface area contributed by atoms with E-state index >= 15 is 0 Å². The summed E-state index contributed by atoms with van der Waals surface area (Å²) >= 11 is 0. The zero-order valence-corrected chi connectivity index (χ0v) is 12.2. The Labute approximate surface area is 124 Å². The molecule has 2 aromatic heterocycles. The van der Waals surface area contributed by atoms with E-state index in [0.29, 0.717) is 5.82 Å². The van der Waals surface area contributed by atoms with Crippen LogP contribution < -0.4 is 5.73 Å². The number of allylic oxidation sites excluding steroid dienone is 6. The normalized spacial score (nSPS) is 16.6. The molecule has 0 aromatic carbocycles. The van der Waals surface area contributed by atoms with Crippen LogP contribution in [0.3, 0.4) is 0 Å². The fourth-order valence-electron chi connectivity index (χ4n) is 2.36. The van der Waals surface area contributed by atoms with Gasteiger partial charge in [0, 0.05) is 17.8 Å². The Kier molecular flexibility index (Phi) is 3.22. The third kappa shape index (κ3) is 2.65. The minimum Gasteiger partial charge on any atom is -0.382 e. The van der Waals surface area contributed by atoms with Gasteiger partial charge in [-0.25, -0.2) is 0 Å².